The first-order valence-corrected chi connectivity index (χ1v) is 3.62. The standard InChI is InChI=1S/C8H5F3O4/c9-8(10,11)15-6-4(7(13)14)2-1-3-5(6)12/h1-3,12H,(H,13,14). The Hall–Kier alpha value is -1.92. The van der Waals surface area contributed by atoms with Crippen molar-refractivity contribution in [1.82, 2.24) is 0 Å². The van der Waals surface area contributed by atoms with Crippen LogP contribution in [0.25, 0.3) is 0 Å². The maximum absolute atomic E-state index is 11.8. The number of phenols is 1. The van der Waals surface area contributed by atoms with Gasteiger partial charge in [0.25, 0.3) is 0 Å². The van der Waals surface area contributed by atoms with Gasteiger partial charge in [0.1, 0.15) is 5.56 Å². The fraction of sp³-hybridized carbons (Fsp3) is 0.125. The molecule has 0 spiro atoms. The summed E-state index contributed by atoms with van der Waals surface area (Å²) in [4.78, 5) is 10.5. The lowest BCUT2D eigenvalue weighted by Gasteiger charge is -2.12. The zero-order valence-corrected chi connectivity index (χ0v) is 7.08. The lowest BCUT2D eigenvalue weighted by molar-refractivity contribution is -0.275. The Morgan fingerprint density at radius 1 is 1.33 bits per heavy atom. The van der Waals surface area contributed by atoms with Crippen LogP contribution in [-0.2, 0) is 0 Å². The number of rotatable bonds is 2. The van der Waals surface area contributed by atoms with Crippen LogP contribution in [0.4, 0.5) is 13.2 Å². The average Bonchev–Trinajstić information content (AvgIpc) is 2.05. The van der Waals surface area contributed by atoms with Crippen molar-refractivity contribution in [2.45, 2.75) is 6.36 Å². The minimum absolute atomic E-state index is 0.757. The van der Waals surface area contributed by atoms with Crippen molar-refractivity contribution in [1.29, 1.82) is 0 Å². The van der Waals surface area contributed by atoms with E-state index in [0.717, 1.165) is 18.2 Å². The van der Waals surface area contributed by atoms with Crippen LogP contribution in [0, 0.1) is 0 Å². The molecule has 0 atom stereocenters. The number of aromatic hydroxyl groups is 1. The Kier molecular flexibility index (Phi) is 2.74. The van der Waals surface area contributed by atoms with Crippen molar-refractivity contribution in [2.75, 3.05) is 0 Å². The third-order valence-electron chi connectivity index (χ3n) is 1.44. The van der Waals surface area contributed by atoms with Crippen LogP contribution in [0.2, 0.25) is 0 Å². The number of carboxylic acid groups (broad SMARTS) is 1. The number of carbonyl (C=O) groups is 1. The predicted octanol–water partition coefficient (Wildman–Crippen LogP) is 1.99. The summed E-state index contributed by atoms with van der Waals surface area (Å²) in [7, 11) is 0. The normalized spacial score (nSPS) is 11.1. The highest BCUT2D eigenvalue weighted by atomic mass is 19.4. The first-order valence-electron chi connectivity index (χ1n) is 3.62. The summed E-state index contributed by atoms with van der Waals surface area (Å²) in [5.41, 5.74) is -0.757. The number of hydrogen-bond donors (Lipinski definition) is 2. The molecule has 0 aliphatic heterocycles. The molecule has 1 aromatic rings. The summed E-state index contributed by atoms with van der Waals surface area (Å²) >= 11 is 0. The smallest absolute Gasteiger partial charge is 0.504 e. The van der Waals surface area contributed by atoms with Crippen molar-refractivity contribution in [2.24, 2.45) is 0 Å². The molecule has 0 bridgehead atoms. The van der Waals surface area contributed by atoms with Crippen LogP contribution >= 0.6 is 0 Å². The number of alkyl halides is 3. The van der Waals surface area contributed by atoms with Gasteiger partial charge in [0.2, 0.25) is 0 Å². The second-order valence-corrected chi connectivity index (χ2v) is 2.51. The SMILES string of the molecule is O=C(O)c1cccc(O)c1OC(F)(F)F. The van der Waals surface area contributed by atoms with Crippen molar-refractivity contribution in [3.63, 3.8) is 0 Å². The molecule has 0 aliphatic carbocycles. The Balaban J connectivity index is 3.19. The number of benzene rings is 1. The molecule has 0 saturated carbocycles. The van der Waals surface area contributed by atoms with Gasteiger partial charge in [0.15, 0.2) is 11.5 Å². The zero-order valence-electron chi connectivity index (χ0n) is 7.08. The first-order chi connectivity index (χ1) is 6.81. The minimum Gasteiger partial charge on any atom is -0.504 e. The van der Waals surface area contributed by atoms with E-state index in [2.05, 4.69) is 4.74 Å². The van der Waals surface area contributed by atoms with Gasteiger partial charge in [-0.05, 0) is 12.1 Å². The summed E-state index contributed by atoms with van der Waals surface area (Å²) < 4.78 is 38.9. The van der Waals surface area contributed by atoms with Gasteiger partial charge >= 0.3 is 12.3 Å². The largest absolute Gasteiger partial charge is 0.573 e. The molecule has 1 rings (SSSR count). The van der Waals surface area contributed by atoms with Crippen molar-refractivity contribution in [3.05, 3.63) is 23.8 Å². The number of para-hydroxylation sites is 1. The molecule has 0 aromatic heterocycles. The quantitative estimate of drug-likeness (QED) is 0.802. The van der Waals surface area contributed by atoms with Gasteiger partial charge in [-0.15, -0.1) is 13.2 Å². The van der Waals surface area contributed by atoms with E-state index in [1.165, 1.54) is 0 Å². The number of phenolic OH excluding ortho intramolecular Hbond substituents is 1. The van der Waals surface area contributed by atoms with Gasteiger partial charge in [0.05, 0.1) is 0 Å². The van der Waals surface area contributed by atoms with Gasteiger partial charge in [-0.1, -0.05) is 6.07 Å². The number of ether oxygens (including phenoxy) is 1. The Bertz CT molecular complexity index is 386. The van der Waals surface area contributed by atoms with E-state index in [-0.39, 0.29) is 0 Å². The zero-order chi connectivity index (χ0) is 11.6. The van der Waals surface area contributed by atoms with Gasteiger partial charge < -0.3 is 14.9 Å². The molecule has 0 heterocycles. The Labute approximate surface area is 81.5 Å². The van der Waals surface area contributed by atoms with Crippen LogP contribution in [0.1, 0.15) is 10.4 Å². The van der Waals surface area contributed by atoms with Crippen molar-refractivity contribution in [3.8, 4) is 11.5 Å². The molecular weight excluding hydrogens is 217 g/mol. The summed E-state index contributed by atoms with van der Waals surface area (Å²) in [6.07, 6.45) is -5.05. The first kappa shape index (κ1) is 11.2. The average molecular weight is 222 g/mol. The molecular formula is C8H5F3O4. The van der Waals surface area contributed by atoms with Crippen LogP contribution < -0.4 is 4.74 Å². The Morgan fingerprint density at radius 3 is 2.40 bits per heavy atom. The number of carboxylic acids is 1. The third kappa shape index (κ3) is 2.76. The van der Waals surface area contributed by atoms with Crippen LogP contribution in [0.15, 0.2) is 18.2 Å². The lowest BCUT2D eigenvalue weighted by Crippen LogP contribution is -2.19. The van der Waals surface area contributed by atoms with Gasteiger partial charge in [-0.25, -0.2) is 4.79 Å². The van der Waals surface area contributed by atoms with E-state index in [0.29, 0.717) is 0 Å². The second kappa shape index (κ2) is 3.68. The topological polar surface area (TPSA) is 66.8 Å². The second-order valence-electron chi connectivity index (χ2n) is 2.51. The summed E-state index contributed by atoms with van der Waals surface area (Å²) in [5.74, 6) is -3.62. The maximum Gasteiger partial charge on any atom is 0.573 e. The number of hydrogen-bond acceptors (Lipinski definition) is 3. The highest BCUT2D eigenvalue weighted by molar-refractivity contribution is 5.91. The molecule has 82 valence electrons. The van der Waals surface area contributed by atoms with Gasteiger partial charge in [-0.2, -0.15) is 0 Å². The fourth-order valence-electron chi connectivity index (χ4n) is 0.916. The predicted molar refractivity (Wildman–Crippen MR) is 41.7 cm³/mol. The minimum atomic E-state index is -5.05. The Morgan fingerprint density at radius 2 is 1.93 bits per heavy atom. The van der Waals surface area contributed by atoms with E-state index in [4.69, 9.17) is 10.2 Å². The maximum atomic E-state index is 11.8. The molecule has 0 aliphatic rings. The number of aromatic carboxylic acids is 1. The molecule has 4 nitrogen and oxygen atoms in total. The van der Waals surface area contributed by atoms with Crippen molar-refractivity contribution < 1.29 is 32.9 Å². The van der Waals surface area contributed by atoms with Gasteiger partial charge in [0, 0.05) is 0 Å². The van der Waals surface area contributed by atoms with E-state index >= 15 is 0 Å². The highest BCUT2D eigenvalue weighted by Gasteiger charge is 2.34. The van der Waals surface area contributed by atoms with Crippen molar-refractivity contribution >= 4 is 5.97 Å². The molecule has 0 radical (unpaired) electrons. The van der Waals surface area contributed by atoms with E-state index in [1.807, 2.05) is 0 Å². The molecule has 1 aromatic carbocycles. The third-order valence-corrected chi connectivity index (χ3v) is 1.44. The van der Waals surface area contributed by atoms with Crippen LogP contribution in [-0.4, -0.2) is 22.5 Å². The van der Waals surface area contributed by atoms with E-state index in [1.54, 1.807) is 0 Å². The molecule has 0 unspecified atom stereocenters. The highest BCUT2D eigenvalue weighted by Crippen LogP contribution is 2.34. The summed E-state index contributed by atoms with van der Waals surface area (Å²) in [5, 5.41) is 17.5. The summed E-state index contributed by atoms with van der Waals surface area (Å²) in [6.45, 7) is 0. The molecule has 0 fully saturated rings. The molecule has 2 N–H and O–H groups in total. The molecule has 0 amide bonds. The molecule has 15 heavy (non-hydrogen) atoms. The number of halogens is 3. The van der Waals surface area contributed by atoms with Crippen LogP contribution in [0.5, 0.6) is 11.5 Å². The lowest BCUT2D eigenvalue weighted by atomic mass is 10.2. The monoisotopic (exact) mass is 222 g/mol. The molecule has 7 heteroatoms. The van der Waals surface area contributed by atoms with E-state index in [9.17, 15) is 18.0 Å². The summed E-state index contributed by atoms with van der Waals surface area (Å²) in [6, 6.07) is 2.89. The van der Waals surface area contributed by atoms with Gasteiger partial charge in [-0.3, -0.25) is 0 Å². The van der Waals surface area contributed by atoms with E-state index < -0.39 is 29.4 Å². The molecule has 0 saturated heterocycles. The van der Waals surface area contributed by atoms with Crippen LogP contribution in [0.3, 0.4) is 0 Å². The fourth-order valence-corrected chi connectivity index (χ4v) is 0.916.